The number of hydrogen-bond acceptors (Lipinski definition) is 2. The SMILES string of the molecule is CC(C)C(C)(O)CC(Cc1ccc(Br)cc1)C(=O)O. The predicted molar refractivity (Wildman–Crippen MR) is 79.1 cm³/mol. The number of carboxylic acid groups (broad SMARTS) is 1. The lowest BCUT2D eigenvalue weighted by molar-refractivity contribution is -0.144. The molecule has 1 rings (SSSR count). The van der Waals surface area contributed by atoms with E-state index < -0.39 is 17.5 Å². The Hall–Kier alpha value is -0.870. The zero-order valence-electron chi connectivity index (χ0n) is 11.6. The molecule has 0 fully saturated rings. The maximum absolute atomic E-state index is 11.4. The summed E-state index contributed by atoms with van der Waals surface area (Å²) in [7, 11) is 0. The largest absolute Gasteiger partial charge is 0.481 e. The quantitative estimate of drug-likeness (QED) is 0.840. The van der Waals surface area contributed by atoms with Crippen LogP contribution >= 0.6 is 15.9 Å². The molecule has 2 N–H and O–H groups in total. The number of carboxylic acids is 1. The Bertz CT molecular complexity index is 424. The average Bonchev–Trinajstić information content (AvgIpc) is 2.30. The van der Waals surface area contributed by atoms with Crippen molar-refractivity contribution in [3.8, 4) is 0 Å². The topological polar surface area (TPSA) is 57.5 Å². The third-order valence-electron chi connectivity index (χ3n) is 3.65. The van der Waals surface area contributed by atoms with Crippen molar-refractivity contribution in [2.45, 2.75) is 39.2 Å². The minimum Gasteiger partial charge on any atom is -0.481 e. The molecule has 0 radical (unpaired) electrons. The highest BCUT2D eigenvalue weighted by atomic mass is 79.9. The van der Waals surface area contributed by atoms with Gasteiger partial charge in [0.15, 0.2) is 0 Å². The Morgan fingerprint density at radius 3 is 2.26 bits per heavy atom. The Kier molecular flexibility index (Phi) is 5.56. The molecule has 1 aromatic rings. The third kappa shape index (κ3) is 4.96. The molecule has 0 aromatic heterocycles. The fourth-order valence-corrected chi connectivity index (χ4v) is 2.15. The van der Waals surface area contributed by atoms with Crippen molar-refractivity contribution in [2.24, 2.45) is 11.8 Å². The summed E-state index contributed by atoms with van der Waals surface area (Å²) < 4.78 is 0.970. The van der Waals surface area contributed by atoms with Crippen LogP contribution in [0, 0.1) is 11.8 Å². The molecule has 106 valence electrons. The van der Waals surface area contributed by atoms with Gasteiger partial charge in [-0.25, -0.2) is 0 Å². The van der Waals surface area contributed by atoms with Crippen LogP contribution in [-0.2, 0) is 11.2 Å². The van der Waals surface area contributed by atoms with Crippen LogP contribution in [-0.4, -0.2) is 21.8 Å². The van der Waals surface area contributed by atoms with E-state index in [0.29, 0.717) is 6.42 Å². The summed E-state index contributed by atoms with van der Waals surface area (Å²) in [6.07, 6.45) is 0.696. The highest BCUT2D eigenvalue weighted by molar-refractivity contribution is 9.10. The van der Waals surface area contributed by atoms with Gasteiger partial charge in [-0.15, -0.1) is 0 Å². The lowest BCUT2D eigenvalue weighted by atomic mass is 9.81. The van der Waals surface area contributed by atoms with Crippen LogP contribution in [0.25, 0.3) is 0 Å². The molecular formula is C15H21BrO3. The Balaban J connectivity index is 2.79. The molecule has 19 heavy (non-hydrogen) atoms. The monoisotopic (exact) mass is 328 g/mol. The van der Waals surface area contributed by atoms with Gasteiger partial charge in [-0.3, -0.25) is 4.79 Å². The van der Waals surface area contributed by atoms with Gasteiger partial charge in [0.2, 0.25) is 0 Å². The molecule has 0 saturated carbocycles. The average molecular weight is 329 g/mol. The highest BCUT2D eigenvalue weighted by Crippen LogP contribution is 2.27. The summed E-state index contributed by atoms with van der Waals surface area (Å²) in [5.74, 6) is -1.40. The van der Waals surface area contributed by atoms with Gasteiger partial charge < -0.3 is 10.2 Å². The summed E-state index contributed by atoms with van der Waals surface area (Å²) in [6, 6.07) is 7.61. The second kappa shape index (κ2) is 6.53. The highest BCUT2D eigenvalue weighted by Gasteiger charge is 2.32. The molecule has 0 aliphatic heterocycles. The molecule has 0 heterocycles. The van der Waals surface area contributed by atoms with Crippen molar-refractivity contribution in [3.63, 3.8) is 0 Å². The summed E-state index contributed by atoms with van der Waals surface area (Å²) >= 11 is 3.35. The van der Waals surface area contributed by atoms with E-state index in [1.54, 1.807) is 6.92 Å². The number of aliphatic carboxylic acids is 1. The van der Waals surface area contributed by atoms with Gasteiger partial charge >= 0.3 is 5.97 Å². The first-order chi connectivity index (χ1) is 8.72. The van der Waals surface area contributed by atoms with Gasteiger partial charge in [0.25, 0.3) is 0 Å². The zero-order valence-corrected chi connectivity index (χ0v) is 13.1. The number of halogens is 1. The first kappa shape index (κ1) is 16.2. The predicted octanol–water partition coefficient (Wildman–Crippen LogP) is 3.49. The second-order valence-corrected chi connectivity index (χ2v) is 6.50. The van der Waals surface area contributed by atoms with Gasteiger partial charge in [-0.1, -0.05) is 41.9 Å². The molecule has 1 aromatic carbocycles. The van der Waals surface area contributed by atoms with Gasteiger partial charge in [-0.05, 0) is 43.4 Å². The van der Waals surface area contributed by atoms with Gasteiger partial charge in [-0.2, -0.15) is 0 Å². The molecule has 2 unspecified atom stereocenters. The molecule has 0 aliphatic rings. The maximum Gasteiger partial charge on any atom is 0.306 e. The molecule has 2 atom stereocenters. The molecule has 0 spiro atoms. The molecule has 0 amide bonds. The Morgan fingerprint density at radius 1 is 1.32 bits per heavy atom. The minimum atomic E-state index is -0.960. The number of hydrogen-bond donors (Lipinski definition) is 2. The smallest absolute Gasteiger partial charge is 0.306 e. The van der Waals surface area contributed by atoms with E-state index in [1.165, 1.54) is 0 Å². The lowest BCUT2D eigenvalue weighted by Gasteiger charge is -2.30. The fraction of sp³-hybridized carbons (Fsp3) is 0.533. The van der Waals surface area contributed by atoms with Gasteiger partial charge in [0.05, 0.1) is 11.5 Å². The lowest BCUT2D eigenvalue weighted by Crippen LogP contribution is -2.36. The molecule has 0 saturated heterocycles. The van der Waals surface area contributed by atoms with E-state index in [4.69, 9.17) is 0 Å². The van der Waals surface area contributed by atoms with Crippen molar-refractivity contribution in [1.29, 1.82) is 0 Å². The molecular weight excluding hydrogens is 308 g/mol. The number of rotatable bonds is 6. The third-order valence-corrected chi connectivity index (χ3v) is 4.18. The summed E-state index contributed by atoms with van der Waals surface area (Å²) in [6.45, 7) is 5.51. The van der Waals surface area contributed by atoms with Crippen LogP contribution in [0.4, 0.5) is 0 Å². The van der Waals surface area contributed by atoms with Crippen LogP contribution in [0.1, 0.15) is 32.8 Å². The summed E-state index contributed by atoms with van der Waals surface area (Å²) in [5, 5.41) is 19.6. The van der Waals surface area contributed by atoms with Gasteiger partial charge in [0.1, 0.15) is 0 Å². The normalized spacial score (nSPS) is 16.1. The fourth-order valence-electron chi connectivity index (χ4n) is 1.89. The van der Waals surface area contributed by atoms with Crippen LogP contribution in [0.3, 0.4) is 0 Å². The standard InChI is InChI=1S/C15H21BrO3/c1-10(2)15(3,19)9-12(14(17)18)8-11-4-6-13(16)7-5-11/h4-7,10,12,19H,8-9H2,1-3H3,(H,17,18). The van der Waals surface area contributed by atoms with Crippen LogP contribution in [0.5, 0.6) is 0 Å². The van der Waals surface area contributed by atoms with Crippen molar-refractivity contribution >= 4 is 21.9 Å². The zero-order chi connectivity index (χ0) is 14.6. The number of aliphatic hydroxyl groups is 1. The van der Waals surface area contributed by atoms with Crippen LogP contribution in [0.15, 0.2) is 28.7 Å². The van der Waals surface area contributed by atoms with Gasteiger partial charge in [0, 0.05) is 4.47 Å². The van der Waals surface area contributed by atoms with E-state index in [9.17, 15) is 15.0 Å². The van der Waals surface area contributed by atoms with Crippen molar-refractivity contribution in [1.82, 2.24) is 0 Å². The summed E-state index contributed by atoms with van der Waals surface area (Å²) in [4.78, 5) is 11.4. The molecule has 3 nitrogen and oxygen atoms in total. The molecule has 0 bridgehead atoms. The van der Waals surface area contributed by atoms with E-state index in [2.05, 4.69) is 15.9 Å². The summed E-state index contributed by atoms with van der Waals surface area (Å²) in [5.41, 5.74) is 0.00784. The van der Waals surface area contributed by atoms with E-state index in [0.717, 1.165) is 10.0 Å². The number of benzene rings is 1. The Morgan fingerprint density at radius 2 is 1.84 bits per heavy atom. The minimum absolute atomic E-state index is 0.0271. The van der Waals surface area contributed by atoms with E-state index in [-0.39, 0.29) is 12.3 Å². The second-order valence-electron chi connectivity index (χ2n) is 5.58. The maximum atomic E-state index is 11.4. The van der Waals surface area contributed by atoms with E-state index in [1.807, 2.05) is 38.1 Å². The van der Waals surface area contributed by atoms with Crippen LogP contribution < -0.4 is 0 Å². The van der Waals surface area contributed by atoms with Crippen molar-refractivity contribution < 1.29 is 15.0 Å². The molecule has 4 heteroatoms. The van der Waals surface area contributed by atoms with E-state index >= 15 is 0 Å². The first-order valence-corrected chi connectivity index (χ1v) is 7.21. The Labute approximate surface area is 122 Å². The number of carbonyl (C=O) groups is 1. The first-order valence-electron chi connectivity index (χ1n) is 6.42. The van der Waals surface area contributed by atoms with Crippen molar-refractivity contribution in [3.05, 3.63) is 34.3 Å². The van der Waals surface area contributed by atoms with Crippen LogP contribution in [0.2, 0.25) is 0 Å². The molecule has 0 aliphatic carbocycles. The van der Waals surface area contributed by atoms with Crippen molar-refractivity contribution in [2.75, 3.05) is 0 Å².